The lowest BCUT2D eigenvalue weighted by molar-refractivity contribution is 0.312. The van der Waals surface area contributed by atoms with Gasteiger partial charge in [0.15, 0.2) is 0 Å². The molecule has 8 heteroatoms. The molecule has 1 aliphatic rings. The van der Waals surface area contributed by atoms with E-state index in [2.05, 4.69) is 14.8 Å². The summed E-state index contributed by atoms with van der Waals surface area (Å²) in [5.74, 6) is -1.33. The summed E-state index contributed by atoms with van der Waals surface area (Å²) >= 11 is 0. The molecule has 0 amide bonds. The van der Waals surface area contributed by atoms with E-state index in [1.807, 2.05) is 19.2 Å². The molecular formula is C24H23F2N3O2S. The van der Waals surface area contributed by atoms with Crippen molar-refractivity contribution in [3.8, 4) is 0 Å². The Labute approximate surface area is 186 Å². The summed E-state index contributed by atoms with van der Waals surface area (Å²) in [6.45, 7) is 3.24. The molecule has 0 radical (unpaired) electrons. The van der Waals surface area contributed by atoms with Gasteiger partial charge in [0.25, 0.3) is 0 Å². The van der Waals surface area contributed by atoms with E-state index in [0.29, 0.717) is 11.4 Å². The van der Waals surface area contributed by atoms with Crippen LogP contribution in [0.25, 0.3) is 12.2 Å². The number of rotatable bonds is 5. The van der Waals surface area contributed by atoms with Crippen molar-refractivity contribution in [3.05, 3.63) is 83.7 Å². The lowest BCUT2D eigenvalue weighted by atomic mass is 10.2. The van der Waals surface area contributed by atoms with Crippen LogP contribution in [0.2, 0.25) is 0 Å². The zero-order chi connectivity index (χ0) is 22.7. The van der Waals surface area contributed by atoms with Gasteiger partial charge in [0, 0.05) is 44.0 Å². The van der Waals surface area contributed by atoms with Crippen LogP contribution in [0.3, 0.4) is 0 Å². The third kappa shape index (κ3) is 4.71. The molecule has 0 saturated carbocycles. The van der Waals surface area contributed by atoms with Crippen molar-refractivity contribution in [2.24, 2.45) is 0 Å². The highest BCUT2D eigenvalue weighted by molar-refractivity contribution is 7.91. The van der Waals surface area contributed by atoms with E-state index >= 15 is 0 Å². The number of benzene rings is 2. The number of hydrogen-bond donors (Lipinski definition) is 0. The fourth-order valence-electron chi connectivity index (χ4n) is 3.58. The van der Waals surface area contributed by atoms with Crippen molar-refractivity contribution in [2.45, 2.75) is 9.79 Å². The molecule has 2 heterocycles. The Morgan fingerprint density at radius 2 is 1.69 bits per heavy atom. The largest absolute Gasteiger partial charge is 0.368 e. The number of anilines is 1. The lowest BCUT2D eigenvalue weighted by Crippen LogP contribution is -2.44. The Morgan fingerprint density at radius 3 is 2.38 bits per heavy atom. The number of aromatic nitrogens is 1. The average molecular weight is 456 g/mol. The maximum Gasteiger partial charge on any atom is 0.210 e. The smallest absolute Gasteiger partial charge is 0.210 e. The van der Waals surface area contributed by atoms with E-state index < -0.39 is 21.5 Å². The summed E-state index contributed by atoms with van der Waals surface area (Å²) in [6, 6.07) is 13.4. The van der Waals surface area contributed by atoms with Crippen LogP contribution >= 0.6 is 0 Å². The Hall–Kier alpha value is -3.10. The number of halogens is 2. The Morgan fingerprint density at radius 1 is 0.938 bits per heavy atom. The molecule has 0 bridgehead atoms. The van der Waals surface area contributed by atoms with E-state index in [-0.39, 0.29) is 15.4 Å². The Bertz CT molecular complexity index is 1240. The van der Waals surface area contributed by atoms with Gasteiger partial charge in [0.1, 0.15) is 11.6 Å². The summed E-state index contributed by atoms with van der Waals surface area (Å²) in [6.07, 6.45) is 4.32. The first kappa shape index (κ1) is 22.1. The maximum absolute atomic E-state index is 13.8. The van der Waals surface area contributed by atoms with Gasteiger partial charge < -0.3 is 9.80 Å². The van der Waals surface area contributed by atoms with Gasteiger partial charge in [-0.3, -0.25) is 4.98 Å². The molecular weight excluding hydrogens is 432 g/mol. The maximum atomic E-state index is 13.8. The van der Waals surface area contributed by atoms with Gasteiger partial charge in [-0.05, 0) is 55.6 Å². The normalized spacial score (nSPS) is 15.4. The van der Waals surface area contributed by atoms with Crippen LogP contribution in [0.15, 0.2) is 70.6 Å². The van der Waals surface area contributed by atoms with Gasteiger partial charge >= 0.3 is 0 Å². The molecule has 1 aromatic heterocycles. The molecule has 166 valence electrons. The van der Waals surface area contributed by atoms with E-state index in [1.54, 1.807) is 24.3 Å². The average Bonchev–Trinajstić information content (AvgIpc) is 2.79. The zero-order valence-corrected chi connectivity index (χ0v) is 18.4. The predicted molar refractivity (Wildman–Crippen MR) is 121 cm³/mol. The number of hydrogen-bond acceptors (Lipinski definition) is 5. The molecule has 0 unspecified atom stereocenters. The predicted octanol–water partition coefficient (Wildman–Crippen LogP) is 4.11. The minimum atomic E-state index is -3.77. The Balaban J connectivity index is 1.58. The molecule has 1 fully saturated rings. The van der Waals surface area contributed by atoms with Crippen molar-refractivity contribution < 1.29 is 17.2 Å². The van der Waals surface area contributed by atoms with Crippen molar-refractivity contribution in [2.75, 3.05) is 38.1 Å². The third-order valence-electron chi connectivity index (χ3n) is 5.46. The summed E-state index contributed by atoms with van der Waals surface area (Å²) in [5.41, 5.74) is 1.36. The highest BCUT2D eigenvalue weighted by Crippen LogP contribution is 2.30. The van der Waals surface area contributed by atoms with Crippen LogP contribution in [0.1, 0.15) is 11.3 Å². The van der Waals surface area contributed by atoms with Crippen LogP contribution < -0.4 is 4.90 Å². The van der Waals surface area contributed by atoms with Gasteiger partial charge in [0.2, 0.25) is 9.84 Å². The van der Waals surface area contributed by atoms with Crippen molar-refractivity contribution in [3.63, 3.8) is 0 Å². The van der Waals surface area contributed by atoms with Crippen molar-refractivity contribution in [1.82, 2.24) is 9.88 Å². The number of sulfone groups is 1. The first-order valence-electron chi connectivity index (χ1n) is 10.2. The molecule has 0 N–H and O–H groups in total. The Kier molecular flexibility index (Phi) is 6.34. The SMILES string of the molecule is CN1CCN(c2ccccc2S(=O)(=O)c2ccc(/C=C/c3ccc(F)cc3F)nc2)CC1. The summed E-state index contributed by atoms with van der Waals surface area (Å²) in [7, 11) is -1.72. The summed E-state index contributed by atoms with van der Waals surface area (Å²) in [5, 5.41) is 0. The quantitative estimate of drug-likeness (QED) is 0.580. The lowest BCUT2D eigenvalue weighted by Gasteiger charge is -2.35. The van der Waals surface area contributed by atoms with Crippen LogP contribution in [-0.4, -0.2) is 51.5 Å². The first-order chi connectivity index (χ1) is 15.3. The monoisotopic (exact) mass is 455 g/mol. The first-order valence-corrected chi connectivity index (χ1v) is 11.7. The van der Waals surface area contributed by atoms with E-state index in [4.69, 9.17) is 0 Å². The molecule has 1 saturated heterocycles. The molecule has 32 heavy (non-hydrogen) atoms. The van der Waals surface area contributed by atoms with E-state index in [0.717, 1.165) is 32.2 Å². The number of pyridine rings is 1. The standard InChI is InChI=1S/C24H23F2N3O2S/c1-28-12-14-29(15-13-28)23-4-2-3-5-24(23)32(30,31)21-11-10-20(27-17-21)9-7-18-6-8-19(25)16-22(18)26/h2-11,16-17H,12-15H2,1H3/b9-7+. The van der Waals surface area contributed by atoms with Crippen molar-refractivity contribution in [1.29, 1.82) is 0 Å². The van der Waals surface area contributed by atoms with Gasteiger partial charge in [-0.15, -0.1) is 0 Å². The van der Waals surface area contributed by atoms with Gasteiger partial charge in [-0.2, -0.15) is 0 Å². The van der Waals surface area contributed by atoms with Gasteiger partial charge in [0.05, 0.1) is 21.2 Å². The highest BCUT2D eigenvalue weighted by atomic mass is 32.2. The second kappa shape index (κ2) is 9.18. The third-order valence-corrected chi connectivity index (χ3v) is 7.25. The topological polar surface area (TPSA) is 53.5 Å². The molecule has 5 nitrogen and oxygen atoms in total. The molecule has 2 aromatic carbocycles. The molecule has 3 aromatic rings. The van der Waals surface area contributed by atoms with Gasteiger partial charge in [-0.25, -0.2) is 17.2 Å². The van der Waals surface area contributed by atoms with E-state index in [1.165, 1.54) is 30.5 Å². The second-order valence-corrected chi connectivity index (χ2v) is 9.60. The summed E-state index contributed by atoms with van der Waals surface area (Å²) in [4.78, 5) is 8.84. The molecule has 0 spiro atoms. The minimum absolute atomic E-state index is 0.0872. The zero-order valence-electron chi connectivity index (χ0n) is 17.6. The van der Waals surface area contributed by atoms with Crippen LogP contribution in [0.4, 0.5) is 14.5 Å². The fourth-order valence-corrected chi connectivity index (χ4v) is 5.00. The highest BCUT2D eigenvalue weighted by Gasteiger charge is 2.25. The van der Waals surface area contributed by atoms with E-state index in [9.17, 15) is 17.2 Å². The molecule has 0 aliphatic carbocycles. The second-order valence-electron chi connectivity index (χ2n) is 7.68. The fraction of sp³-hybridized carbons (Fsp3) is 0.208. The molecule has 4 rings (SSSR count). The van der Waals surface area contributed by atoms with Gasteiger partial charge in [-0.1, -0.05) is 12.1 Å². The molecule has 1 aliphatic heterocycles. The molecule has 0 atom stereocenters. The number of likely N-dealkylation sites (N-methyl/N-ethyl adjacent to an activating group) is 1. The van der Waals surface area contributed by atoms with Crippen LogP contribution in [-0.2, 0) is 9.84 Å². The minimum Gasteiger partial charge on any atom is -0.368 e. The summed E-state index contributed by atoms with van der Waals surface area (Å²) < 4.78 is 53.5. The van der Waals surface area contributed by atoms with Crippen LogP contribution in [0.5, 0.6) is 0 Å². The number of piperazine rings is 1. The van der Waals surface area contributed by atoms with Crippen LogP contribution in [0, 0.1) is 11.6 Å². The van der Waals surface area contributed by atoms with Crippen molar-refractivity contribution >= 4 is 27.7 Å². The number of para-hydroxylation sites is 1. The number of nitrogens with zero attached hydrogens (tertiary/aromatic N) is 3.